The Morgan fingerprint density at radius 3 is 2.56 bits per heavy atom. The van der Waals surface area contributed by atoms with Gasteiger partial charge in [-0.15, -0.1) is 0 Å². The molecule has 0 aliphatic carbocycles. The first-order valence-corrected chi connectivity index (χ1v) is 6.02. The Morgan fingerprint density at radius 1 is 1.28 bits per heavy atom. The zero-order valence-corrected chi connectivity index (χ0v) is 10.9. The maximum absolute atomic E-state index is 12.2. The highest BCUT2D eigenvalue weighted by Gasteiger charge is 2.09. The van der Waals surface area contributed by atoms with Crippen LogP contribution in [0.15, 0.2) is 34.1 Å². The molecule has 4 nitrogen and oxygen atoms in total. The van der Waals surface area contributed by atoms with Crippen LogP contribution in [0.25, 0.3) is 5.69 Å². The highest BCUT2D eigenvalue weighted by Crippen LogP contribution is 2.07. The molecule has 0 unspecified atom stereocenters. The minimum Gasteiger partial charge on any atom is -0.295 e. The van der Waals surface area contributed by atoms with E-state index < -0.39 is 0 Å². The van der Waals surface area contributed by atoms with Crippen LogP contribution in [0.3, 0.4) is 0 Å². The Morgan fingerprint density at radius 2 is 1.94 bits per heavy atom. The third kappa shape index (κ3) is 2.27. The van der Waals surface area contributed by atoms with E-state index in [0.717, 1.165) is 11.4 Å². The number of aliphatic imine (C=N–C) groups is 1. The summed E-state index contributed by atoms with van der Waals surface area (Å²) in [4.78, 5) is 16.3. The number of aryl methyl sites for hydroxylation is 2. The van der Waals surface area contributed by atoms with E-state index in [1.807, 2.05) is 45.0 Å². The molecule has 94 valence electrons. The first kappa shape index (κ1) is 12.4. The molecule has 0 spiro atoms. The van der Waals surface area contributed by atoms with E-state index in [1.54, 1.807) is 10.9 Å². The lowest BCUT2D eigenvalue weighted by molar-refractivity contribution is 0.835. The van der Waals surface area contributed by atoms with E-state index in [4.69, 9.17) is 0 Å². The van der Waals surface area contributed by atoms with Crippen LogP contribution in [-0.2, 0) is 0 Å². The molecule has 0 radical (unpaired) electrons. The number of rotatable bonds is 3. The molecule has 0 fully saturated rings. The molecule has 4 heteroatoms. The molecule has 18 heavy (non-hydrogen) atoms. The molecule has 0 amide bonds. The number of hydrogen-bond acceptors (Lipinski definition) is 2. The van der Waals surface area contributed by atoms with Gasteiger partial charge in [-0.25, -0.2) is 4.68 Å². The molecule has 1 heterocycles. The van der Waals surface area contributed by atoms with Crippen molar-refractivity contribution in [1.82, 2.24) is 9.78 Å². The van der Waals surface area contributed by atoms with Crippen LogP contribution < -0.4 is 5.56 Å². The minimum atomic E-state index is -0.0615. The van der Waals surface area contributed by atoms with Gasteiger partial charge in [-0.05, 0) is 32.9 Å². The van der Waals surface area contributed by atoms with Gasteiger partial charge in [0.15, 0.2) is 0 Å². The lowest BCUT2D eigenvalue weighted by Gasteiger charge is -2.01. The summed E-state index contributed by atoms with van der Waals surface area (Å²) in [6, 6.07) is 7.82. The van der Waals surface area contributed by atoms with Crippen LogP contribution in [0.5, 0.6) is 0 Å². The molecule has 1 N–H and O–H groups in total. The zero-order chi connectivity index (χ0) is 13.1. The van der Waals surface area contributed by atoms with Crippen LogP contribution >= 0.6 is 0 Å². The second kappa shape index (κ2) is 5.04. The van der Waals surface area contributed by atoms with Gasteiger partial charge in [0.05, 0.1) is 11.3 Å². The topological polar surface area (TPSA) is 50.1 Å². The van der Waals surface area contributed by atoms with Gasteiger partial charge in [0, 0.05) is 18.5 Å². The van der Waals surface area contributed by atoms with Crippen molar-refractivity contribution in [2.75, 3.05) is 6.54 Å². The number of aromatic amines is 1. The second-order valence-corrected chi connectivity index (χ2v) is 4.25. The van der Waals surface area contributed by atoms with E-state index in [-0.39, 0.29) is 5.56 Å². The lowest BCUT2D eigenvalue weighted by atomic mass is 10.2. The molecule has 0 aliphatic rings. The third-order valence-corrected chi connectivity index (χ3v) is 2.81. The van der Waals surface area contributed by atoms with Gasteiger partial charge < -0.3 is 0 Å². The number of H-pyrrole nitrogens is 1. The first-order chi connectivity index (χ1) is 8.63. The average Bonchev–Trinajstić information content (AvgIpc) is 2.64. The summed E-state index contributed by atoms with van der Waals surface area (Å²) < 4.78 is 1.55. The maximum Gasteiger partial charge on any atom is 0.280 e. The van der Waals surface area contributed by atoms with Crippen molar-refractivity contribution < 1.29 is 0 Å². The van der Waals surface area contributed by atoms with Gasteiger partial charge >= 0.3 is 0 Å². The summed E-state index contributed by atoms with van der Waals surface area (Å²) in [7, 11) is 0. The summed E-state index contributed by atoms with van der Waals surface area (Å²) in [5, 5.41) is 3.07. The van der Waals surface area contributed by atoms with Crippen LogP contribution in [0, 0.1) is 13.8 Å². The predicted octanol–water partition coefficient (Wildman–Crippen LogP) is 2.22. The fourth-order valence-electron chi connectivity index (χ4n) is 1.77. The number of nitrogens with zero attached hydrogens (tertiary/aromatic N) is 2. The Kier molecular flexibility index (Phi) is 3.46. The summed E-state index contributed by atoms with van der Waals surface area (Å²) >= 11 is 0. The fourth-order valence-corrected chi connectivity index (χ4v) is 1.77. The molecular weight excluding hydrogens is 226 g/mol. The monoisotopic (exact) mass is 243 g/mol. The summed E-state index contributed by atoms with van der Waals surface area (Å²) in [6.07, 6.45) is 1.64. The van der Waals surface area contributed by atoms with Crippen molar-refractivity contribution in [3.05, 3.63) is 51.4 Å². The molecule has 1 aromatic heterocycles. The van der Waals surface area contributed by atoms with Gasteiger partial charge in [0.25, 0.3) is 5.56 Å². The highest BCUT2D eigenvalue weighted by atomic mass is 16.1. The van der Waals surface area contributed by atoms with Crippen molar-refractivity contribution in [1.29, 1.82) is 0 Å². The standard InChI is InChI=1S/C14H17N3O/c1-4-15-9-13-11(3)16-17(14(13)18)12-7-5-10(2)6-8-12/h5-9,16H,4H2,1-3H3. The second-order valence-electron chi connectivity index (χ2n) is 4.25. The zero-order valence-electron chi connectivity index (χ0n) is 10.9. The molecule has 0 saturated carbocycles. The maximum atomic E-state index is 12.2. The summed E-state index contributed by atoms with van der Waals surface area (Å²) in [5.74, 6) is 0. The van der Waals surface area contributed by atoms with Gasteiger partial charge in [-0.1, -0.05) is 17.7 Å². The third-order valence-electron chi connectivity index (χ3n) is 2.81. The Bertz CT molecular complexity index is 617. The first-order valence-electron chi connectivity index (χ1n) is 6.02. The Hall–Kier alpha value is -2.10. The molecule has 0 aliphatic heterocycles. The number of aromatic nitrogens is 2. The highest BCUT2D eigenvalue weighted by molar-refractivity contribution is 5.80. The van der Waals surface area contributed by atoms with E-state index in [9.17, 15) is 4.79 Å². The Balaban J connectivity index is 2.50. The smallest absolute Gasteiger partial charge is 0.280 e. The average molecular weight is 243 g/mol. The van der Waals surface area contributed by atoms with E-state index in [1.165, 1.54) is 5.56 Å². The van der Waals surface area contributed by atoms with Crippen molar-refractivity contribution >= 4 is 6.21 Å². The SMILES string of the molecule is CCN=Cc1c(C)[nH]n(-c2ccc(C)cc2)c1=O. The quantitative estimate of drug-likeness (QED) is 0.826. The number of nitrogens with one attached hydrogen (secondary N) is 1. The van der Waals surface area contributed by atoms with Crippen LogP contribution in [0.2, 0.25) is 0 Å². The number of benzene rings is 1. The molecule has 1 aromatic carbocycles. The van der Waals surface area contributed by atoms with Crippen molar-refractivity contribution in [2.45, 2.75) is 20.8 Å². The van der Waals surface area contributed by atoms with Crippen LogP contribution in [-0.4, -0.2) is 22.5 Å². The molecule has 0 atom stereocenters. The summed E-state index contributed by atoms with van der Waals surface area (Å²) in [6.45, 7) is 6.51. The van der Waals surface area contributed by atoms with Gasteiger partial charge in [0.2, 0.25) is 0 Å². The van der Waals surface area contributed by atoms with Crippen LogP contribution in [0.1, 0.15) is 23.7 Å². The van der Waals surface area contributed by atoms with E-state index >= 15 is 0 Å². The Labute approximate surface area is 106 Å². The van der Waals surface area contributed by atoms with Gasteiger partial charge in [-0.3, -0.25) is 14.9 Å². The molecule has 0 bridgehead atoms. The normalized spacial score (nSPS) is 11.3. The van der Waals surface area contributed by atoms with Crippen molar-refractivity contribution in [3.8, 4) is 5.69 Å². The van der Waals surface area contributed by atoms with Gasteiger partial charge in [0.1, 0.15) is 0 Å². The van der Waals surface area contributed by atoms with Crippen LogP contribution in [0.4, 0.5) is 0 Å². The van der Waals surface area contributed by atoms with E-state index in [0.29, 0.717) is 12.1 Å². The van der Waals surface area contributed by atoms with Gasteiger partial charge in [-0.2, -0.15) is 0 Å². The fraction of sp³-hybridized carbons (Fsp3) is 0.286. The lowest BCUT2D eigenvalue weighted by Crippen LogP contribution is -2.17. The van der Waals surface area contributed by atoms with Crippen molar-refractivity contribution in [3.63, 3.8) is 0 Å². The molecular formula is C14H17N3O. The van der Waals surface area contributed by atoms with E-state index in [2.05, 4.69) is 10.1 Å². The molecule has 2 aromatic rings. The molecule has 2 rings (SSSR count). The minimum absolute atomic E-state index is 0.0615. The number of hydrogen-bond donors (Lipinski definition) is 1. The predicted molar refractivity (Wildman–Crippen MR) is 74.0 cm³/mol. The largest absolute Gasteiger partial charge is 0.295 e. The van der Waals surface area contributed by atoms with Crippen molar-refractivity contribution in [2.24, 2.45) is 4.99 Å². The summed E-state index contributed by atoms with van der Waals surface area (Å²) in [5.41, 5.74) is 3.40. The molecule has 0 saturated heterocycles.